The highest BCUT2D eigenvalue weighted by atomic mass is 35.5. The number of benzene rings is 1. The molecule has 0 bridgehead atoms. The number of hydrogen-bond acceptors (Lipinski definition) is 5. The number of anilines is 2. The summed E-state index contributed by atoms with van der Waals surface area (Å²) < 4.78 is 5.25. The van der Waals surface area contributed by atoms with Crippen molar-refractivity contribution >= 4 is 34.9 Å². The predicted octanol–water partition coefficient (Wildman–Crippen LogP) is 3.42. The fourth-order valence-electron chi connectivity index (χ4n) is 3.32. The minimum Gasteiger partial charge on any atom is -0.495 e. The summed E-state index contributed by atoms with van der Waals surface area (Å²) >= 11 is 5.81. The zero-order valence-electron chi connectivity index (χ0n) is 16.4. The van der Waals surface area contributed by atoms with E-state index in [0.29, 0.717) is 35.2 Å². The van der Waals surface area contributed by atoms with Gasteiger partial charge in [0.25, 0.3) is 0 Å². The summed E-state index contributed by atoms with van der Waals surface area (Å²) in [5.74, 6) is 1.03. The molecule has 3 rings (SSSR count). The van der Waals surface area contributed by atoms with Crippen molar-refractivity contribution in [3.8, 4) is 5.75 Å². The second-order valence-electron chi connectivity index (χ2n) is 6.97. The molecule has 1 aromatic heterocycles. The molecule has 1 saturated heterocycles. The molecule has 29 heavy (non-hydrogen) atoms. The fraction of sp³-hybridized carbons (Fsp3) is 0.381. The van der Waals surface area contributed by atoms with Crippen LogP contribution in [0.3, 0.4) is 0 Å². The molecule has 1 aliphatic rings. The molecule has 0 atom stereocenters. The number of likely N-dealkylation sites (tertiary alicyclic amines) is 1. The lowest BCUT2D eigenvalue weighted by molar-refractivity contribution is -0.121. The Morgan fingerprint density at radius 3 is 2.62 bits per heavy atom. The number of halogens is 1. The molecule has 2 aromatic rings. The Morgan fingerprint density at radius 2 is 1.93 bits per heavy atom. The Labute approximate surface area is 175 Å². The molecule has 1 aromatic carbocycles. The van der Waals surface area contributed by atoms with Crippen LogP contribution < -0.4 is 15.4 Å². The van der Waals surface area contributed by atoms with Gasteiger partial charge in [-0.3, -0.25) is 9.59 Å². The smallest absolute Gasteiger partial charge is 0.228 e. The summed E-state index contributed by atoms with van der Waals surface area (Å²) in [6.45, 7) is 2.23. The highest BCUT2D eigenvalue weighted by molar-refractivity contribution is 6.30. The van der Waals surface area contributed by atoms with Crippen molar-refractivity contribution in [3.63, 3.8) is 0 Å². The average Bonchev–Trinajstić information content (AvgIpc) is 2.74. The molecule has 1 aliphatic heterocycles. The maximum Gasteiger partial charge on any atom is 0.228 e. The van der Waals surface area contributed by atoms with Crippen LogP contribution >= 0.6 is 11.6 Å². The van der Waals surface area contributed by atoms with Gasteiger partial charge in [0.2, 0.25) is 11.8 Å². The second-order valence-corrected chi connectivity index (χ2v) is 7.40. The lowest BCUT2D eigenvalue weighted by Gasteiger charge is -2.31. The molecule has 0 saturated carbocycles. The van der Waals surface area contributed by atoms with E-state index in [-0.39, 0.29) is 17.7 Å². The largest absolute Gasteiger partial charge is 0.495 e. The monoisotopic (exact) mass is 416 g/mol. The summed E-state index contributed by atoms with van der Waals surface area (Å²) in [6.07, 6.45) is 3.42. The summed E-state index contributed by atoms with van der Waals surface area (Å²) in [4.78, 5) is 31.0. The lowest BCUT2D eigenvalue weighted by Crippen LogP contribution is -2.39. The number of amides is 2. The first-order valence-corrected chi connectivity index (χ1v) is 10.0. The number of carbonyl (C=O) groups excluding carboxylic acids is 2. The van der Waals surface area contributed by atoms with Gasteiger partial charge in [-0.25, -0.2) is 4.98 Å². The first-order chi connectivity index (χ1) is 14.0. The third kappa shape index (κ3) is 6.17. The van der Waals surface area contributed by atoms with E-state index >= 15 is 0 Å². The van der Waals surface area contributed by atoms with Crippen LogP contribution in [0.4, 0.5) is 11.5 Å². The molecule has 2 amide bonds. The Hall–Kier alpha value is -2.64. The number of nitrogens with one attached hydrogen (secondary N) is 2. The SMILES string of the molecule is COc1ccccc1NC(=O)CCN1CCC(C(=O)Nc2ccc(Cl)cn2)CC1. The maximum absolute atomic E-state index is 12.4. The van der Waals surface area contributed by atoms with Gasteiger partial charge in [-0.05, 0) is 50.2 Å². The highest BCUT2D eigenvalue weighted by Crippen LogP contribution is 2.23. The van der Waals surface area contributed by atoms with Crippen molar-refractivity contribution in [2.45, 2.75) is 19.3 Å². The fourth-order valence-corrected chi connectivity index (χ4v) is 3.43. The third-order valence-electron chi connectivity index (χ3n) is 4.97. The van der Waals surface area contributed by atoms with Gasteiger partial charge in [-0.2, -0.15) is 0 Å². The maximum atomic E-state index is 12.4. The van der Waals surface area contributed by atoms with E-state index in [0.717, 1.165) is 25.9 Å². The molecule has 0 aliphatic carbocycles. The minimum atomic E-state index is -0.0526. The second kappa shape index (κ2) is 10.2. The molecule has 7 nitrogen and oxygen atoms in total. The molecule has 1 fully saturated rings. The van der Waals surface area contributed by atoms with E-state index in [1.807, 2.05) is 24.3 Å². The van der Waals surface area contributed by atoms with Gasteiger partial charge >= 0.3 is 0 Å². The van der Waals surface area contributed by atoms with Gasteiger partial charge in [0.1, 0.15) is 11.6 Å². The molecule has 2 N–H and O–H groups in total. The van der Waals surface area contributed by atoms with E-state index in [1.54, 1.807) is 19.2 Å². The number of nitrogens with zero attached hydrogens (tertiary/aromatic N) is 2. The predicted molar refractivity (Wildman–Crippen MR) is 113 cm³/mol. The van der Waals surface area contributed by atoms with Crippen molar-refractivity contribution in [1.82, 2.24) is 9.88 Å². The lowest BCUT2D eigenvalue weighted by atomic mass is 9.96. The number of ether oxygens (including phenoxy) is 1. The van der Waals surface area contributed by atoms with Gasteiger partial charge in [0.05, 0.1) is 17.8 Å². The number of aromatic nitrogens is 1. The molecule has 0 radical (unpaired) electrons. The normalized spacial score (nSPS) is 15.0. The first-order valence-electron chi connectivity index (χ1n) is 9.63. The summed E-state index contributed by atoms with van der Waals surface area (Å²) in [5, 5.41) is 6.26. The number of methoxy groups -OCH3 is 1. The van der Waals surface area contributed by atoms with Crippen LogP contribution in [0.25, 0.3) is 0 Å². The molecule has 8 heteroatoms. The van der Waals surface area contributed by atoms with Gasteiger partial charge in [0, 0.05) is 25.1 Å². The topological polar surface area (TPSA) is 83.6 Å². The number of para-hydroxylation sites is 2. The first kappa shape index (κ1) is 21.1. The molecular weight excluding hydrogens is 392 g/mol. The Bertz CT molecular complexity index is 836. The molecular formula is C21H25ClN4O3. The molecule has 0 unspecified atom stereocenters. The molecule has 2 heterocycles. The highest BCUT2D eigenvalue weighted by Gasteiger charge is 2.25. The van der Waals surface area contributed by atoms with Crippen LogP contribution in [0.2, 0.25) is 5.02 Å². The van der Waals surface area contributed by atoms with Crippen LogP contribution in [0.1, 0.15) is 19.3 Å². The van der Waals surface area contributed by atoms with Crippen LogP contribution in [-0.4, -0.2) is 48.4 Å². The van der Waals surface area contributed by atoms with Crippen molar-refractivity contribution in [2.24, 2.45) is 5.92 Å². The van der Waals surface area contributed by atoms with Crippen molar-refractivity contribution in [1.29, 1.82) is 0 Å². The standard InChI is InChI=1S/C21H25ClN4O3/c1-29-18-5-3-2-4-17(18)24-20(27)10-13-26-11-8-15(9-12-26)21(28)25-19-7-6-16(22)14-23-19/h2-7,14-15H,8-13H2,1H3,(H,24,27)(H,23,25,28). The van der Waals surface area contributed by atoms with Crippen molar-refractivity contribution < 1.29 is 14.3 Å². The van der Waals surface area contributed by atoms with E-state index in [2.05, 4.69) is 20.5 Å². The summed E-state index contributed by atoms with van der Waals surface area (Å²) in [7, 11) is 1.58. The number of rotatable bonds is 7. The van der Waals surface area contributed by atoms with E-state index in [4.69, 9.17) is 16.3 Å². The van der Waals surface area contributed by atoms with E-state index < -0.39 is 0 Å². The average molecular weight is 417 g/mol. The summed E-state index contributed by atoms with van der Waals surface area (Å²) in [5.41, 5.74) is 0.672. The summed E-state index contributed by atoms with van der Waals surface area (Å²) in [6, 6.07) is 10.7. The Morgan fingerprint density at radius 1 is 1.17 bits per heavy atom. The third-order valence-corrected chi connectivity index (χ3v) is 5.20. The Kier molecular flexibility index (Phi) is 7.43. The number of carbonyl (C=O) groups is 2. The van der Waals surface area contributed by atoms with Crippen LogP contribution in [0.5, 0.6) is 5.75 Å². The zero-order chi connectivity index (χ0) is 20.6. The van der Waals surface area contributed by atoms with Crippen molar-refractivity contribution in [3.05, 3.63) is 47.6 Å². The molecule has 154 valence electrons. The van der Waals surface area contributed by atoms with Crippen LogP contribution in [0.15, 0.2) is 42.6 Å². The van der Waals surface area contributed by atoms with E-state index in [1.165, 1.54) is 6.20 Å². The van der Waals surface area contributed by atoms with Crippen LogP contribution in [-0.2, 0) is 9.59 Å². The zero-order valence-corrected chi connectivity index (χ0v) is 17.1. The number of pyridine rings is 1. The van der Waals surface area contributed by atoms with Crippen LogP contribution in [0, 0.1) is 5.92 Å². The quantitative estimate of drug-likeness (QED) is 0.722. The van der Waals surface area contributed by atoms with E-state index in [9.17, 15) is 9.59 Å². The molecule has 0 spiro atoms. The minimum absolute atomic E-state index is 0.0200. The number of hydrogen-bond donors (Lipinski definition) is 2. The van der Waals surface area contributed by atoms with Gasteiger partial charge in [0.15, 0.2) is 0 Å². The number of piperidine rings is 1. The van der Waals surface area contributed by atoms with Crippen molar-refractivity contribution in [2.75, 3.05) is 37.4 Å². The van der Waals surface area contributed by atoms with Gasteiger partial charge in [-0.1, -0.05) is 23.7 Å². The van der Waals surface area contributed by atoms with Gasteiger partial charge in [-0.15, -0.1) is 0 Å². The van der Waals surface area contributed by atoms with Gasteiger partial charge < -0.3 is 20.3 Å². The Balaban J connectivity index is 1.39.